The van der Waals surface area contributed by atoms with E-state index in [2.05, 4.69) is 38.2 Å². The molecular weight excluding hydrogens is 294 g/mol. The van der Waals surface area contributed by atoms with Crippen molar-refractivity contribution in [2.75, 3.05) is 0 Å². The fourth-order valence-electron chi connectivity index (χ4n) is 2.45. The van der Waals surface area contributed by atoms with Crippen molar-refractivity contribution >= 4 is 17.2 Å². The number of carbonyl (C=O) groups excluding carboxylic acids is 1. The van der Waals surface area contributed by atoms with Crippen LogP contribution in [0.25, 0.3) is 0 Å². The highest BCUT2D eigenvalue weighted by atomic mass is 32.1. The van der Waals surface area contributed by atoms with Gasteiger partial charge in [0.25, 0.3) is 5.91 Å². The van der Waals surface area contributed by atoms with Gasteiger partial charge in [-0.1, -0.05) is 17.7 Å². The Morgan fingerprint density at radius 1 is 1.18 bits per heavy atom. The maximum absolute atomic E-state index is 11.9. The van der Waals surface area contributed by atoms with Crippen molar-refractivity contribution in [1.29, 1.82) is 0 Å². The van der Waals surface area contributed by atoms with Crippen molar-refractivity contribution in [3.05, 3.63) is 50.7 Å². The highest BCUT2D eigenvalue weighted by Gasteiger charge is 2.11. The van der Waals surface area contributed by atoms with Gasteiger partial charge in [-0.2, -0.15) is 0 Å². The number of carbonyl (C=O) groups is 1. The molecule has 22 heavy (non-hydrogen) atoms. The van der Waals surface area contributed by atoms with Crippen LogP contribution in [-0.2, 0) is 6.61 Å². The van der Waals surface area contributed by atoms with E-state index in [1.165, 1.54) is 16.9 Å². The summed E-state index contributed by atoms with van der Waals surface area (Å²) >= 11 is 1.45. The molecule has 1 N–H and O–H groups in total. The SMILES string of the molecule is Cc1cc(C)c(OCc2csc(C(=O)NC(C)C)c2)c(C)c1. The highest BCUT2D eigenvalue weighted by molar-refractivity contribution is 7.12. The Morgan fingerprint density at radius 2 is 1.82 bits per heavy atom. The van der Waals surface area contributed by atoms with E-state index in [0.717, 1.165) is 27.3 Å². The van der Waals surface area contributed by atoms with Crippen LogP contribution >= 0.6 is 11.3 Å². The van der Waals surface area contributed by atoms with Crippen molar-refractivity contribution in [3.8, 4) is 5.75 Å². The average molecular weight is 317 g/mol. The molecule has 0 saturated heterocycles. The van der Waals surface area contributed by atoms with E-state index >= 15 is 0 Å². The first-order chi connectivity index (χ1) is 10.4. The summed E-state index contributed by atoms with van der Waals surface area (Å²) in [4.78, 5) is 12.7. The summed E-state index contributed by atoms with van der Waals surface area (Å²) in [5.74, 6) is 0.916. The summed E-state index contributed by atoms with van der Waals surface area (Å²) < 4.78 is 5.96. The zero-order valence-corrected chi connectivity index (χ0v) is 14.6. The molecule has 4 heteroatoms. The zero-order valence-electron chi connectivity index (χ0n) is 13.8. The van der Waals surface area contributed by atoms with Crippen LogP contribution in [0.5, 0.6) is 5.75 Å². The van der Waals surface area contributed by atoms with E-state index in [4.69, 9.17) is 4.74 Å². The topological polar surface area (TPSA) is 38.3 Å². The van der Waals surface area contributed by atoms with Gasteiger partial charge in [0.2, 0.25) is 0 Å². The van der Waals surface area contributed by atoms with E-state index in [1.807, 2.05) is 25.3 Å². The smallest absolute Gasteiger partial charge is 0.261 e. The third-order valence-corrected chi connectivity index (χ3v) is 4.26. The minimum atomic E-state index is -0.0195. The number of thiophene rings is 1. The van der Waals surface area contributed by atoms with E-state index in [1.54, 1.807) is 0 Å². The van der Waals surface area contributed by atoms with E-state index in [-0.39, 0.29) is 11.9 Å². The lowest BCUT2D eigenvalue weighted by Gasteiger charge is -2.12. The minimum absolute atomic E-state index is 0.0195. The summed E-state index contributed by atoms with van der Waals surface area (Å²) in [6.07, 6.45) is 0. The number of benzene rings is 1. The lowest BCUT2D eigenvalue weighted by Crippen LogP contribution is -2.29. The number of amides is 1. The van der Waals surface area contributed by atoms with Gasteiger partial charge in [-0.15, -0.1) is 11.3 Å². The van der Waals surface area contributed by atoms with Gasteiger partial charge in [0, 0.05) is 11.6 Å². The summed E-state index contributed by atoms with van der Waals surface area (Å²) in [6, 6.07) is 6.29. The molecule has 0 aliphatic rings. The van der Waals surface area contributed by atoms with Gasteiger partial charge in [0.1, 0.15) is 12.4 Å². The molecular formula is C18H23NO2S. The second-order valence-corrected chi connectivity index (χ2v) is 6.88. The molecule has 0 unspecified atom stereocenters. The molecule has 0 atom stereocenters. The molecule has 0 saturated carbocycles. The van der Waals surface area contributed by atoms with Gasteiger partial charge >= 0.3 is 0 Å². The van der Waals surface area contributed by atoms with Crippen LogP contribution in [0.15, 0.2) is 23.6 Å². The number of aryl methyl sites for hydroxylation is 3. The lowest BCUT2D eigenvalue weighted by molar-refractivity contribution is 0.0947. The molecule has 2 aromatic rings. The quantitative estimate of drug-likeness (QED) is 0.888. The Bertz CT molecular complexity index is 650. The van der Waals surface area contributed by atoms with Crippen LogP contribution in [-0.4, -0.2) is 11.9 Å². The lowest BCUT2D eigenvalue weighted by atomic mass is 10.1. The predicted molar refractivity (Wildman–Crippen MR) is 91.9 cm³/mol. The van der Waals surface area contributed by atoms with Crippen LogP contribution in [0.3, 0.4) is 0 Å². The number of nitrogens with one attached hydrogen (secondary N) is 1. The monoisotopic (exact) mass is 317 g/mol. The Morgan fingerprint density at radius 3 is 2.41 bits per heavy atom. The Balaban J connectivity index is 2.04. The van der Waals surface area contributed by atoms with Gasteiger partial charge in [-0.05, 0) is 57.2 Å². The maximum Gasteiger partial charge on any atom is 0.261 e. The third-order valence-electron chi connectivity index (χ3n) is 3.29. The number of ether oxygens (including phenoxy) is 1. The molecule has 0 fully saturated rings. The zero-order chi connectivity index (χ0) is 16.3. The van der Waals surface area contributed by atoms with Crippen molar-refractivity contribution in [2.24, 2.45) is 0 Å². The number of hydrogen-bond acceptors (Lipinski definition) is 3. The molecule has 0 bridgehead atoms. The molecule has 0 aliphatic heterocycles. The van der Waals surface area contributed by atoms with Crippen molar-refractivity contribution < 1.29 is 9.53 Å². The first-order valence-corrected chi connectivity index (χ1v) is 8.33. The first-order valence-electron chi connectivity index (χ1n) is 7.45. The van der Waals surface area contributed by atoms with Gasteiger partial charge in [0.15, 0.2) is 0 Å². The second-order valence-electron chi connectivity index (χ2n) is 5.96. The minimum Gasteiger partial charge on any atom is -0.488 e. The fraction of sp³-hybridized carbons (Fsp3) is 0.389. The summed E-state index contributed by atoms with van der Waals surface area (Å²) in [5, 5.41) is 4.88. The average Bonchev–Trinajstić information content (AvgIpc) is 2.85. The molecule has 2 rings (SSSR count). The van der Waals surface area contributed by atoms with E-state index in [0.29, 0.717) is 6.61 Å². The van der Waals surface area contributed by atoms with Gasteiger partial charge in [-0.25, -0.2) is 0 Å². The van der Waals surface area contributed by atoms with E-state index in [9.17, 15) is 4.79 Å². The first kappa shape index (κ1) is 16.6. The van der Waals surface area contributed by atoms with Crippen LogP contribution < -0.4 is 10.1 Å². The molecule has 1 aromatic heterocycles. The Kier molecular flexibility index (Phi) is 5.24. The van der Waals surface area contributed by atoms with Gasteiger partial charge in [0.05, 0.1) is 4.88 Å². The predicted octanol–water partition coefficient (Wildman–Crippen LogP) is 4.39. The molecule has 118 valence electrons. The van der Waals surface area contributed by atoms with Gasteiger partial charge < -0.3 is 10.1 Å². The molecule has 1 aromatic carbocycles. The Hall–Kier alpha value is -1.81. The van der Waals surface area contributed by atoms with Crippen LogP contribution in [0.4, 0.5) is 0 Å². The highest BCUT2D eigenvalue weighted by Crippen LogP contribution is 2.26. The normalized spacial score (nSPS) is 10.8. The van der Waals surface area contributed by atoms with Crippen LogP contribution in [0, 0.1) is 20.8 Å². The largest absolute Gasteiger partial charge is 0.488 e. The van der Waals surface area contributed by atoms with Gasteiger partial charge in [-0.3, -0.25) is 4.79 Å². The molecule has 3 nitrogen and oxygen atoms in total. The van der Waals surface area contributed by atoms with Crippen LogP contribution in [0.2, 0.25) is 0 Å². The van der Waals surface area contributed by atoms with E-state index < -0.39 is 0 Å². The molecule has 0 spiro atoms. The van der Waals surface area contributed by atoms with Crippen molar-refractivity contribution in [2.45, 2.75) is 47.3 Å². The Labute approximate surface area is 136 Å². The van der Waals surface area contributed by atoms with Crippen molar-refractivity contribution in [3.63, 3.8) is 0 Å². The summed E-state index contributed by atoms with van der Waals surface area (Å²) in [6.45, 7) is 10.6. The molecule has 1 amide bonds. The van der Waals surface area contributed by atoms with Crippen molar-refractivity contribution in [1.82, 2.24) is 5.32 Å². The molecule has 0 radical (unpaired) electrons. The third kappa shape index (κ3) is 4.10. The maximum atomic E-state index is 11.9. The second kappa shape index (κ2) is 6.97. The summed E-state index contributed by atoms with van der Waals surface area (Å²) in [5.41, 5.74) is 4.56. The van der Waals surface area contributed by atoms with Crippen LogP contribution in [0.1, 0.15) is 45.8 Å². The number of hydrogen-bond donors (Lipinski definition) is 1. The summed E-state index contributed by atoms with van der Waals surface area (Å²) in [7, 11) is 0. The number of rotatable bonds is 5. The fourth-order valence-corrected chi connectivity index (χ4v) is 3.25. The molecule has 1 heterocycles. The standard InChI is InChI=1S/C18H23NO2S/c1-11(2)19-18(20)16-8-15(10-22-16)9-21-17-13(4)6-12(3)7-14(17)5/h6-8,10-11H,9H2,1-5H3,(H,19,20). The molecule has 0 aliphatic carbocycles.